The van der Waals surface area contributed by atoms with Crippen molar-refractivity contribution in [2.45, 2.75) is 19.3 Å². The van der Waals surface area contributed by atoms with Gasteiger partial charge in [-0.15, -0.1) is 0 Å². The van der Waals surface area contributed by atoms with Crippen LogP contribution in [0.1, 0.15) is 24.0 Å². The molecule has 1 aromatic rings. The highest BCUT2D eigenvalue weighted by molar-refractivity contribution is 5.79. The molecule has 1 aromatic carbocycles. The Hall–Kier alpha value is -1.82. The molecule has 1 heterocycles. The average Bonchev–Trinajstić information content (AvgIpc) is 2.83. The summed E-state index contributed by atoms with van der Waals surface area (Å²) in [7, 11) is 0. The van der Waals surface area contributed by atoms with Gasteiger partial charge in [0.25, 0.3) is 0 Å². The second kappa shape index (κ2) is 4.80. The van der Waals surface area contributed by atoms with E-state index >= 15 is 0 Å². The van der Waals surface area contributed by atoms with Crippen LogP contribution in [0.15, 0.2) is 24.3 Å². The Balaban J connectivity index is 2.03. The standard InChI is InChI=1S/C13H14N2O/c14-10-12-5-3-4-11(8-12)9-13(16)15-6-1-2-7-15/h3-5,8H,1-2,6-7,9H2. The van der Waals surface area contributed by atoms with Gasteiger partial charge < -0.3 is 4.90 Å². The summed E-state index contributed by atoms with van der Waals surface area (Å²) in [4.78, 5) is 13.8. The lowest BCUT2D eigenvalue weighted by molar-refractivity contribution is -0.129. The zero-order chi connectivity index (χ0) is 11.4. The van der Waals surface area contributed by atoms with E-state index in [2.05, 4.69) is 6.07 Å². The van der Waals surface area contributed by atoms with Crippen LogP contribution >= 0.6 is 0 Å². The molecular formula is C13H14N2O. The van der Waals surface area contributed by atoms with E-state index in [1.807, 2.05) is 17.0 Å². The highest BCUT2D eigenvalue weighted by atomic mass is 16.2. The van der Waals surface area contributed by atoms with Crippen LogP contribution in [0.2, 0.25) is 0 Å². The van der Waals surface area contributed by atoms with E-state index in [4.69, 9.17) is 5.26 Å². The van der Waals surface area contributed by atoms with E-state index in [0.29, 0.717) is 12.0 Å². The smallest absolute Gasteiger partial charge is 0.226 e. The SMILES string of the molecule is N#Cc1cccc(CC(=O)N2CCCC2)c1. The number of nitriles is 1. The second-order valence-electron chi connectivity index (χ2n) is 4.08. The van der Waals surface area contributed by atoms with Crippen molar-refractivity contribution in [3.8, 4) is 6.07 Å². The maximum absolute atomic E-state index is 11.9. The Bertz CT molecular complexity index is 428. The van der Waals surface area contributed by atoms with Crippen LogP contribution in [0.3, 0.4) is 0 Å². The van der Waals surface area contributed by atoms with Gasteiger partial charge in [-0.3, -0.25) is 4.79 Å². The lowest BCUT2D eigenvalue weighted by Gasteiger charge is -2.14. The predicted octanol–water partition coefficient (Wildman–Crippen LogP) is 1.72. The number of rotatable bonds is 2. The highest BCUT2D eigenvalue weighted by Crippen LogP contribution is 2.11. The number of benzene rings is 1. The predicted molar refractivity (Wildman–Crippen MR) is 60.7 cm³/mol. The largest absolute Gasteiger partial charge is 0.342 e. The van der Waals surface area contributed by atoms with Crippen molar-refractivity contribution >= 4 is 5.91 Å². The Kier molecular flexibility index (Phi) is 3.21. The number of carbonyl (C=O) groups excluding carboxylic acids is 1. The summed E-state index contributed by atoms with van der Waals surface area (Å²) in [5, 5.41) is 8.76. The van der Waals surface area contributed by atoms with Crippen molar-refractivity contribution in [2.24, 2.45) is 0 Å². The lowest BCUT2D eigenvalue weighted by Crippen LogP contribution is -2.29. The van der Waals surface area contributed by atoms with Crippen molar-refractivity contribution < 1.29 is 4.79 Å². The summed E-state index contributed by atoms with van der Waals surface area (Å²) in [5.74, 6) is 0.174. The molecule has 16 heavy (non-hydrogen) atoms. The number of hydrogen-bond acceptors (Lipinski definition) is 2. The Morgan fingerprint density at radius 2 is 2.12 bits per heavy atom. The number of carbonyl (C=O) groups is 1. The second-order valence-corrected chi connectivity index (χ2v) is 4.08. The third kappa shape index (κ3) is 2.40. The van der Waals surface area contributed by atoms with Gasteiger partial charge in [0.2, 0.25) is 5.91 Å². The summed E-state index contributed by atoms with van der Waals surface area (Å²) >= 11 is 0. The molecule has 1 aliphatic heterocycles. The quantitative estimate of drug-likeness (QED) is 0.752. The van der Waals surface area contributed by atoms with E-state index in [1.165, 1.54) is 0 Å². The number of amides is 1. The molecule has 0 radical (unpaired) electrons. The minimum Gasteiger partial charge on any atom is -0.342 e. The van der Waals surface area contributed by atoms with Crippen LogP contribution in [0.4, 0.5) is 0 Å². The molecule has 1 amide bonds. The maximum Gasteiger partial charge on any atom is 0.226 e. The molecule has 1 aliphatic rings. The molecule has 3 nitrogen and oxygen atoms in total. The van der Waals surface area contributed by atoms with Gasteiger partial charge in [0, 0.05) is 13.1 Å². The molecule has 0 saturated carbocycles. The van der Waals surface area contributed by atoms with Gasteiger partial charge in [-0.05, 0) is 30.5 Å². The van der Waals surface area contributed by atoms with Gasteiger partial charge in [-0.2, -0.15) is 5.26 Å². The zero-order valence-electron chi connectivity index (χ0n) is 9.15. The minimum atomic E-state index is 0.174. The molecule has 82 valence electrons. The first-order chi connectivity index (χ1) is 7.79. The topological polar surface area (TPSA) is 44.1 Å². The van der Waals surface area contributed by atoms with Crippen LogP contribution in [-0.2, 0) is 11.2 Å². The Labute approximate surface area is 95.3 Å². The average molecular weight is 214 g/mol. The van der Waals surface area contributed by atoms with E-state index in [9.17, 15) is 4.79 Å². The lowest BCUT2D eigenvalue weighted by atomic mass is 10.1. The van der Waals surface area contributed by atoms with Crippen LogP contribution in [0.25, 0.3) is 0 Å². The van der Waals surface area contributed by atoms with Gasteiger partial charge in [0.1, 0.15) is 0 Å². The van der Waals surface area contributed by atoms with Gasteiger partial charge in [-0.1, -0.05) is 12.1 Å². The van der Waals surface area contributed by atoms with Crippen LogP contribution < -0.4 is 0 Å². The molecule has 0 aliphatic carbocycles. The number of likely N-dealkylation sites (tertiary alicyclic amines) is 1. The van der Waals surface area contributed by atoms with E-state index in [-0.39, 0.29) is 5.91 Å². The molecule has 3 heteroatoms. The summed E-state index contributed by atoms with van der Waals surface area (Å²) in [6.45, 7) is 1.77. The van der Waals surface area contributed by atoms with E-state index < -0.39 is 0 Å². The maximum atomic E-state index is 11.9. The molecule has 0 aromatic heterocycles. The fourth-order valence-electron chi connectivity index (χ4n) is 2.00. The van der Waals surface area contributed by atoms with Gasteiger partial charge in [-0.25, -0.2) is 0 Å². The zero-order valence-corrected chi connectivity index (χ0v) is 9.15. The van der Waals surface area contributed by atoms with Crippen molar-refractivity contribution in [1.29, 1.82) is 5.26 Å². The fourth-order valence-corrected chi connectivity index (χ4v) is 2.00. The van der Waals surface area contributed by atoms with Crippen molar-refractivity contribution in [2.75, 3.05) is 13.1 Å². The van der Waals surface area contributed by atoms with E-state index in [0.717, 1.165) is 31.5 Å². The minimum absolute atomic E-state index is 0.174. The van der Waals surface area contributed by atoms with Crippen LogP contribution in [-0.4, -0.2) is 23.9 Å². The molecule has 1 saturated heterocycles. The fraction of sp³-hybridized carbons (Fsp3) is 0.385. The van der Waals surface area contributed by atoms with Crippen molar-refractivity contribution in [3.05, 3.63) is 35.4 Å². The van der Waals surface area contributed by atoms with Crippen molar-refractivity contribution in [1.82, 2.24) is 4.90 Å². The van der Waals surface area contributed by atoms with Gasteiger partial charge in [0.05, 0.1) is 18.1 Å². The molecule has 1 fully saturated rings. The van der Waals surface area contributed by atoms with Crippen molar-refractivity contribution in [3.63, 3.8) is 0 Å². The Morgan fingerprint density at radius 1 is 1.38 bits per heavy atom. The van der Waals surface area contributed by atoms with Crippen LogP contribution in [0.5, 0.6) is 0 Å². The van der Waals surface area contributed by atoms with E-state index in [1.54, 1.807) is 12.1 Å². The number of hydrogen-bond donors (Lipinski definition) is 0. The summed E-state index contributed by atoms with van der Waals surface area (Å²) in [6, 6.07) is 9.35. The summed E-state index contributed by atoms with van der Waals surface area (Å²) in [5.41, 5.74) is 1.54. The van der Waals surface area contributed by atoms with Gasteiger partial charge in [0.15, 0.2) is 0 Å². The third-order valence-electron chi connectivity index (χ3n) is 2.87. The monoisotopic (exact) mass is 214 g/mol. The molecule has 0 N–H and O–H groups in total. The first-order valence-electron chi connectivity index (χ1n) is 5.56. The summed E-state index contributed by atoms with van der Waals surface area (Å²) in [6.07, 6.45) is 2.64. The van der Waals surface area contributed by atoms with Crippen LogP contribution in [0, 0.1) is 11.3 Å². The summed E-state index contributed by atoms with van der Waals surface area (Å²) < 4.78 is 0. The third-order valence-corrected chi connectivity index (χ3v) is 2.87. The molecular weight excluding hydrogens is 200 g/mol. The molecule has 2 rings (SSSR count). The Morgan fingerprint density at radius 3 is 2.81 bits per heavy atom. The normalized spacial score (nSPS) is 14.8. The van der Waals surface area contributed by atoms with Gasteiger partial charge >= 0.3 is 0 Å². The first-order valence-corrected chi connectivity index (χ1v) is 5.56. The molecule has 0 atom stereocenters. The molecule has 0 unspecified atom stereocenters. The first kappa shape index (κ1) is 10.7. The highest BCUT2D eigenvalue weighted by Gasteiger charge is 2.17. The molecule has 0 bridgehead atoms. The molecule has 0 spiro atoms. The number of nitrogens with zero attached hydrogens (tertiary/aromatic N) is 2.